The van der Waals surface area contributed by atoms with E-state index in [1.807, 2.05) is 34.9 Å². The number of piperidine rings is 1. The summed E-state index contributed by atoms with van der Waals surface area (Å²) in [6.45, 7) is 2.53. The first kappa shape index (κ1) is 24.0. The van der Waals surface area contributed by atoms with Crippen LogP contribution in [0.15, 0.2) is 42.9 Å². The highest BCUT2D eigenvalue weighted by Gasteiger charge is 2.25. The molecule has 1 amide bonds. The van der Waals surface area contributed by atoms with Crippen molar-refractivity contribution in [2.24, 2.45) is 0 Å². The number of ether oxygens (including phenoxy) is 1. The fourth-order valence-corrected chi connectivity index (χ4v) is 4.71. The Labute approximate surface area is 202 Å². The maximum atomic E-state index is 12.5. The Hall–Kier alpha value is -3.09. The zero-order valence-electron chi connectivity index (χ0n) is 20.0. The van der Waals surface area contributed by atoms with Crippen LogP contribution in [0.1, 0.15) is 28.8 Å². The molecule has 1 N–H and O–H groups in total. The van der Waals surface area contributed by atoms with Gasteiger partial charge in [-0.25, -0.2) is 20.0 Å². The van der Waals surface area contributed by atoms with Crippen molar-refractivity contribution in [3.8, 4) is 6.07 Å². The summed E-state index contributed by atoms with van der Waals surface area (Å²) in [5, 5.41) is 13.7. The lowest BCUT2D eigenvalue weighted by molar-refractivity contribution is 0.0922. The third-order valence-corrected chi connectivity index (χ3v) is 7.38. The number of hydrogen-bond donors (Lipinski definition) is 1. The van der Waals surface area contributed by atoms with E-state index in [0.29, 0.717) is 30.1 Å². The number of nitrogens with one attached hydrogen (secondary N) is 1. The van der Waals surface area contributed by atoms with Crippen molar-refractivity contribution in [3.05, 3.63) is 54.0 Å². The van der Waals surface area contributed by atoms with Crippen LogP contribution in [0.2, 0.25) is 0 Å². The van der Waals surface area contributed by atoms with Crippen LogP contribution in [0.5, 0.6) is 0 Å². The first-order valence-electron chi connectivity index (χ1n) is 11.4. The van der Waals surface area contributed by atoms with Crippen molar-refractivity contribution in [3.63, 3.8) is 0 Å². The van der Waals surface area contributed by atoms with Crippen LogP contribution >= 0.6 is 10.0 Å². The van der Waals surface area contributed by atoms with Gasteiger partial charge in [-0.05, 0) is 43.7 Å². The third-order valence-electron chi connectivity index (χ3n) is 5.99. The summed E-state index contributed by atoms with van der Waals surface area (Å²) in [7, 11) is -0.615. The van der Waals surface area contributed by atoms with E-state index in [4.69, 9.17) is 4.74 Å². The Balaban J connectivity index is 1.44. The smallest absolute Gasteiger partial charge is 0.251 e. The van der Waals surface area contributed by atoms with Crippen LogP contribution in [0.3, 0.4) is 0 Å². The van der Waals surface area contributed by atoms with Crippen LogP contribution in [0.4, 0.5) is 5.82 Å². The molecule has 0 spiro atoms. The molecule has 1 aliphatic rings. The average molecular weight is 481 g/mol. The number of nitrogens with zero attached hydrogens (tertiary/aromatic N) is 5. The molecular formula is C25H32N6O2S. The van der Waals surface area contributed by atoms with Crippen LogP contribution in [0, 0.1) is 11.3 Å². The van der Waals surface area contributed by atoms with Gasteiger partial charge in [0.2, 0.25) is 0 Å². The van der Waals surface area contributed by atoms with Gasteiger partial charge in [0, 0.05) is 36.6 Å². The molecule has 0 saturated carbocycles. The number of rotatable bonds is 8. The standard InChI is InChI=1S/C25H32N6O2S/c1-34(2,3)14-13-33-18-31-16-20(15-26)22-23(27-17-28-24(22)31)30-11-9-21(10-12-30)29-25(32)19-7-5-4-6-8-19/h4-8,16-17,21H,9-14,18H2,1-3H3,(H,29,32). The Morgan fingerprint density at radius 1 is 1.21 bits per heavy atom. The zero-order chi connectivity index (χ0) is 24.1. The third kappa shape index (κ3) is 5.69. The first-order valence-corrected chi connectivity index (χ1v) is 14.5. The topological polar surface area (TPSA) is 96.1 Å². The minimum Gasteiger partial charge on any atom is -0.360 e. The number of anilines is 1. The lowest BCUT2D eigenvalue weighted by Crippen LogP contribution is -2.45. The first-order chi connectivity index (χ1) is 16.4. The molecule has 180 valence electrons. The molecule has 0 bridgehead atoms. The second-order valence-corrected chi connectivity index (χ2v) is 14.0. The van der Waals surface area contributed by atoms with Gasteiger partial charge < -0.3 is 19.5 Å². The fraction of sp³-hybridized carbons (Fsp3) is 0.440. The normalized spacial score (nSPS) is 15.3. The Morgan fingerprint density at radius 2 is 1.94 bits per heavy atom. The van der Waals surface area contributed by atoms with Crippen molar-refractivity contribution >= 4 is 32.8 Å². The quantitative estimate of drug-likeness (QED) is 0.497. The largest absolute Gasteiger partial charge is 0.360 e. The summed E-state index contributed by atoms with van der Waals surface area (Å²) >= 11 is 0. The van der Waals surface area contributed by atoms with Gasteiger partial charge in [0.1, 0.15) is 30.6 Å². The molecule has 0 aliphatic carbocycles. The molecule has 1 aromatic carbocycles. The minimum absolute atomic E-state index is 0.0413. The van der Waals surface area contributed by atoms with E-state index in [0.717, 1.165) is 42.9 Å². The number of amides is 1. The van der Waals surface area contributed by atoms with Gasteiger partial charge in [0.15, 0.2) is 0 Å². The molecule has 0 unspecified atom stereocenters. The molecule has 1 fully saturated rings. The number of nitriles is 1. The molecule has 2 aromatic heterocycles. The summed E-state index contributed by atoms with van der Waals surface area (Å²) in [6.07, 6.45) is 11.8. The maximum absolute atomic E-state index is 12.5. The van der Waals surface area contributed by atoms with Crippen LogP contribution in [-0.4, -0.2) is 70.7 Å². The zero-order valence-corrected chi connectivity index (χ0v) is 20.8. The summed E-state index contributed by atoms with van der Waals surface area (Å²) in [5.41, 5.74) is 1.94. The maximum Gasteiger partial charge on any atom is 0.251 e. The van der Waals surface area contributed by atoms with E-state index in [2.05, 4.69) is 45.0 Å². The Bertz CT molecular complexity index is 1170. The average Bonchev–Trinajstić information content (AvgIpc) is 3.20. The number of carbonyl (C=O) groups is 1. The van der Waals surface area contributed by atoms with E-state index < -0.39 is 10.0 Å². The molecule has 3 heterocycles. The summed E-state index contributed by atoms with van der Waals surface area (Å²) in [4.78, 5) is 23.7. The van der Waals surface area contributed by atoms with Gasteiger partial charge in [-0.2, -0.15) is 5.26 Å². The molecule has 34 heavy (non-hydrogen) atoms. The van der Waals surface area contributed by atoms with Gasteiger partial charge in [0.05, 0.1) is 17.6 Å². The second kappa shape index (κ2) is 10.5. The monoisotopic (exact) mass is 480 g/mol. The highest BCUT2D eigenvalue weighted by atomic mass is 32.3. The van der Waals surface area contributed by atoms with Gasteiger partial charge in [-0.15, -0.1) is 0 Å². The number of aromatic nitrogens is 3. The Kier molecular flexibility index (Phi) is 7.39. The van der Waals surface area contributed by atoms with Crippen molar-refractivity contribution in [1.29, 1.82) is 5.26 Å². The van der Waals surface area contributed by atoms with Crippen LogP contribution in [0.25, 0.3) is 11.0 Å². The molecular weight excluding hydrogens is 448 g/mol. The predicted octanol–water partition coefficient (Wildman–Crippen LogP) is 3.37. The molecule has 1 aliphatic heterocycles. The molecule has 4 rings (SSSR count). The van der Waals surface area contributed by atoms with Gasteiger partial charge in [-0.1, -0.05) is 18.2 Å². The molecule has 0 atom stereocenters. The SMILES string of the molecule is CS(C)(C)CCOCn1cc(C#N)c2c(N3CCC(NC(=O)c4ccccc4)CC3)ncnc21. The van der Waals surface area contributed by atoms with E-state index in [9.17, 15) is 10.1 Å². The summed E-state index contributed by atoms with van der Waals surface area (Å²) in [6, 6.07) is 11.7. The Morgan fingerprint density at radius 3 is 2.62 bits per heavy atom. The molecule has 8 nitrogen and oxygen atoms in total. The van der Waals surface area contributed by atoms with Crippen molar-refractivity contribution in [2.45, 2.75) is 25.6 Å². The van der Waals surface area contributed by atoms with Crippen molar-refractivity contribution in [1.82, 2.24) is 19.9 Å². The number of hydrogen-bond acceptors (Lipinski definition) is 6. The number of fused-ring (bicyclic) bond motifs is 1. The van der Waals surface area contributed by atoms with E-state index in [1.165, 1.54) is 0 Å². The lowest BCUT2D eigenvalue weighted by atomic mass is 10.0. The molecule has 0 radical (unpaired) electrons. The lowest BCUT2D eigenvalue weighted by Gasteiger charge is -2.33. The van der Waals surface area contributed by atoms with Crippen molar-refractivity contribution < 1.29 is 9.53 Å². The summed E-state index contributed by atoms with van der Waals surface area (Å²) < 4.78 is 7.79. The predicted molar refractivity (Wildman–Crippen MR) is 138 cm³/mol. The van der Waals surface area contributed by atoms with Crippen LogP contribution < -0.4 is 10.2 Å². The van der Waals surface area contributed by atoms with E-state index in [1.54, 1.807) is 12.5 Å². The number of carbonyl (C=O) groups excluding carboxylic acids is 1. The molecule has 3 aromatic rings. The van der Waals surface area contributed by atoms with Crippen LogP contribution in [-0.2, 0) is 11.5 Å². The molecule has 9 heteroatoms. The van der Waals surface area contributed by atoms with Gasteiger partial charge >= 0.3 is 0 Å². The minimum atomic E-state index is -0.615. The fourth-order valence-electron chi connectivity index (χ4n) is 4.10. The van der Waals surface area contributed by atoms with Gasteiger partial charge in [-0.3, -0.25) is 4.79 Å². The highest BCUT2D eigenvalue weighted by molar-refractivity contribution is 8.32. The van der Waals surface area contributed by atoms with Crippen molar-refractivity contribution in [2.75, 3.05) is 49.1 Å². The van der Waals surface area contributed by atoms with E-state index >= 15 is 0 Å². The van der Waals surface area contributed by atoms with E-state index in [-0.39, 0.29) is 11.9 Å². The number of benzene rings is 1. The summed E-state index contributed by atoms with van der Waals surface area (Å²) in [5.74, 6) is 1.76. The molecule has 1 saturated heterocycles. The second-order valence-electron chi connectivity index (χ2n) is 9.45. The van der Waals surface area contributed by atoms with Gasteiger partial charge in [0.25, 0.3) is 5.91 Å². The highest BCUT2D eigenvalue weighted by Crippen LogP contribution is 2.34.